The first-order chi connectivity index (χ1) is 7.69. The van der Waals surface area contributed by atoms with Crippen LogP contribution in [-0.2, 0) is 14.3 Å². The second-order valence-electron chi connectivity index (χ2n) is 3.92. The number of methoxy groups -OCH3 is 1. The summed E-state index contributed by atoms with van der Waals surface area (Å²) in [5.74, 6) is -0.147. The number of hydrogen-bond acceptors (Lipinski definition) is 4. The molecule has 5 nitrogen and oxygen atoms in total. The van der Waals surface area contributed by atoms with Gasteiger partial charge in [-0.3, -0.25) is 14.5 Å². The van der Waals surface area contributed by atoms with Crippen LogP contribution in [0, 0.1) is 0 Å². The molecule has 16 heavy (non-hydrogen) atoms. The van der Waals surface area contributed by atoms with E-state index >= 15 is 0 Å². The maximum absolute atomic E-state index is 11.4. The minimum Gasteiger partial charge on any atom is -0.468 e. The maximum Gasteiger partial charge on any atom is 0.323 e. The Morgan fingerprint density at radius 2 is 2.25 bits per heavy atom. The summed E-state index contributed by atoms with van der Waals surface area (Å²) < 4.78 is 4.74. The first-order valence-electron chi connectivity index (χ1n) is 5.77. The molecule has 1 unspecified atom stereocenters. The third-order valence-electron chi connectivity index (χ3n) is 2.84. The van der Waals surface area contributed by atoms with E-state index in [1.165, 1.54) is 7.11 Å². The Hall–Kier alpha value is -1.10. The average molecular weight is 228 g/mol. The number of likely N-dealkylation sites (tertiary alicyclic amines) is 1. The summed E-state index contributed by atoms with van der Waals surface area (Å²) >= 11 is 0. The summed E-state index contributed by atoms with van der Waals surface area (Å²) in [5, 5.41) is 2.75. The van der Waals surface area contributed by atoms with Crippen molar-refractivity contribution in [1.82, 2.24) is 10.2 Å². The van der Waals surface area contributed by atoms with Crippen LogP contribution < -0.4 is 5.32 Å². The first kappa shape index (κ1) is 13.0. The number of ether oxygens (including phenoxy) is 1. The smallest absolute Gasteiger partial charge is 0.323 e. The molecule has 0 bridgehead atoms. The predicted molar refractivity (Wildman–Crippen MR) is 59.9 cm³/mol. The van der Waals surface area contributed by atoms with Crippen LogP contribution in [-0.4, -0.2) is 49.6 Å². The van der Waals surface area contributed by atoms with E-state index in [1.807, 2.05) is 11.8 Å². The molecule has 1 heterocycles. The lowest BCUT2D eigenvalue weighted by molar-refractivity contribution is -0.146. The molecule has 1 N–H and O–H groups in total. The molecule has 1 atom stereocenters. The molecule has 1 saturated heterocycles. The van der Waals surface area contributed by atoms with Gasteiger partial charge in [0.2, 0.25) is 5.91 Å². The summed E-state index contributed by atoms with van der Waals surface area (Å²) in [5.41, 5.74) is 0. The Balaban J connectivity index is 2.35. The van der Waals surface area contributed by atoms with Crippen LogP contribution in [0.3, 0.4) is 0 Å². The molecule has 0 aromatic heterocycles. The van der Waals surface area contributed by atoms with Gasteiger partial charge in [0.15, 0.2) is 0 Å². The van der Waals surface area contributed by atoms with Gasteiger partial charge in [0.05, 0.1) is 7.11 Å². The van der Waals surface area contributed by atoms with Crippen LogP contribution in [0.4, 0.5) is 0 Å². The molecule has 0 radical (unpaired) electrons. The normalized spacial score (nSPS) is 20.8. The van der Waals surface area contributed by atoms with E-state index in [4.69, 9.17) is 4.74 Å². The monoisotopic (exact) mass is 228 g/mol. The Bertz CT molecular complexity index is 256. The lowest BCUT2D eigenvalue weighted by atomic mass is 10.2. The molecule has 1 amide bonds. The van der Waals surface area contributed by atoms with Crippen molar-refractivity contribution in [2.24, 2.45) is 0 Å². The molecule has 0 aromatic carbocycles. The second kappa shape index (κ2) is 6.48. The van der Waals surface area contributed by atoms with Crippen molar-refractivity contribution in [2.45, 2.75) is 32.2 Å². The lowest BCUT2D eigenvalue weighted by Gasteiger charge is -2.21. The Kier molecular flexibility index (Phi) is 5.25. The van der Waals surface area contributed by atoms with E-state index in [2.05, 4.69) is 5.32 Å². The highest BCUT2D eigenvalue weighted by Gasteiger charge is 2.31. The topological polar surface area (TPSA) is 58.6 Å². The summed E-state index contributed by atoms with van der Waals surface area (Å²) in [6, 6.07) is -0.153. The number of rotatable bonds is 5. The first-order valence-corrected chi connectivity index (χ1v) is 5.77. The molecule has 0 saturated carbocycles. The van der Waals surface area contributed by atoms with Gasteiger partial charge in [-0.15, -0.1) is 0 Å². The van der Waals surface area contributed by atoms with Gasteiger partial charge in [-0.2, -0.15) is 0 Å². The van der Waals surface area contributed by atoms with E-state index in [1.54, 1.807) is 0 Å². The molecular formula is C11H20N2O3. The van der Waals surface area contributed by atoms with Crippen molar-refractivity contribution >= 4 is 11.9 Å². The minimum absolute atomic E-state index is 0.0398. The third-order valence-corrected chi connectivity index (χ3v) is 2.84. The van der Waals surface area contributed by atoms with Gasteiger partial charge in [-0.1, -0.05) is 0 Å². The number of nitrogens with one attached hydrogen (secondary N) is 1. The second-order valence-corrected chi connectivity index (χ2v) is 3.92. The molecule has 1 rings (SSSR count). The lowest BCUT2D eigenvalue weighted by Crippen LogP contribution is -2.39. The zero-order valence-electron chi connectivity index (χ0n) is 9.99. The van der Waals surface area contributed by atoms with Crippen molar-refractivity contribution in [3.05, 3.63) is 0 Å². The van der Waals surface area contributed by atoms with E-state index in [0.717, 1.165) is 19.4 Å². The zero-order chi connectivity index (χ0) is 12.0. The number of carbonyl (C=O) groups is 2. The molecule has 0 spiro atoms. The van der Waals surface area contributed by atoms with Gasteiger partial charge in [-0.05, 0) is 26.3 Å². The Labute approximate surface area is 96.1 Å². The SMILES string of the molecule is CCNC(=O)CCN1CCCC1C(=O)OC. The fourth-order valence-electron chi connectivity index (χ4n) is 2.03. The van der Waals surface area contributed by atoms with Crippen LogP contribution in [0.15, 0.2) is 0 Å². The minimum atomic E-state index is -0.187. The summed E-state index contributed by atoms with van der Waals surface area (Å²) in [4.78, 5) is 24.8. The summed E-state index contributed by atoms with van der Waals surface area (Å²) in [6.07, 6.45) is 2.28. The van der Waals surface area contributed by atoms with Gasteiger partial charge in [0, 0.05) is 19.5 Å². The molecule has 5 heteroatoms. The summed E-state index contributed by atoms with van der Waals surface area (Å²) in [7, 11) is 1.41. The van der Waals surface area contributed by atoms with Crippen LogP contribution in [0.5, 0.6) is 0 Å². The van der Waals surface area contributed by atoms with Gasteiger partial charge in [-0.25, -0.2) is 0 Å². The van der Waals surface area contributed by atoms with Gasteiger partial charge >= 0.3 is 5.97 Å². The fraction of sp³-hybridized carbons (Fsp3) is 0.818. The van der Waals surface area contributed by atoms with Crippen molar-refractivity contribution < 1.29 is 14.3 Å². The molecular weight excluding hydrogens is 208 g/mol. The third kappa shape index (κ3) is 3.48. The van der Waals surface area contributed by atoms with Crippen molar-refractivity contribution in [3.63, 3.8) is 0 Å². The van der Waals surface area contributed by atoms with E-state index < -0.39 is 0 Å². The Morgan fingerprint density at radius 3 is 2.88 bits per heavy atom. The largest absolute Gasteiger partial charge is 0.468 e. The van der Waals surface area contributed by atoms with E-state index in [9.17, 15) is 9.59 Å². The van der Waals surface area contributed by atoms with Gasteiger partial charge < -0.3 is 10.1 Å². The van der Waals surface area contributed by atoms with Gasteiger partial charge in [0.1, 0.15) is 6.04 Å². The van der Waals surface area contributed by atoms with E-state index in [0.29, 0.717) is 19.5 Å². The van der Waals surface area contributed by atoms with Crippen molar-refractivity contribution in [3.8, 4) is 0 Å². The number of carbonyl (C=O) groups excluding carboxylic acids is 2. The molecule has 1 aliphatic heterocycles. The average Bonchev–Trinajstić information content (AvgIpc) is 2.74. The maximum atomic E-state index is 11.4. The number of amides is 1. The standard InChI is InChI=1S/C11H20N2O3/c1-3-12-10(14)6-8-13-7-4-5-9(13)11(15)16-2/h9H,3-8H2,1-2H3,(H,12,14). The van der Waals surface area contributed by atoms with E-state index in [-0.39, 0.29) is 17.9 Å². The van der Waals surface area contributed by atoms with Crippen LogP contribution in [0.2, 0.25) is 0 Å². The van der Waals surface area contributed by atoms with Crippen molar-refractivity contribution in [1.29, 1.82) is 0 Å². The fourth-order valence-corrected chi connectivity index (χ4v) is 2.03. The van der Waals surface area contributed by atoms with Crippen LogP contribution in [0.1, 0.15) is 26.2 Å². The van der Waals surface area contributed by atoms with Crippen LogP contribution >= 0.6 is 0 Å². The zero-order valence-corrected chi connectivity index (χ0v) is 9.99. The van der Waals surface area contributed by atoms with Crippen LogP contribution in [0.25, 0.3) is 0 Å². The number of nitrogens with zero attached hydrogens (tertiary/aromatic N) is 1. The summed E-state index contributed by atoms with van der Waals surface area (Å²) in [6.45, 7) is 4.05. The highest BCUT2D eigenvalue weighted by Crippen LogP contribution is 2.18. The number of hydrogen-bond donors (Lipinski definition) is 1. The van der Waals surface area contributed by atoms with Crippen molar-refractivity contribution in [2.75, 3.05) is 26.7 Å². The highest BCUT2D eigenvalue weighted by molar-refractivity contribution is 5.77. The molecule has 1 fully saturated rings. The molecule has 92 valence electrons. The highest BCUT2D eigenvalue weighted by atomic mass is 16.5. The molecule has 1 aliphatic rings. The Morgan fingerprint density at radius 1 is 1.50 bits per heavy atom. The molecule has 0 aliphatic carbocycles. The number of esters is 1. The quantitative estimate of drug-likeness (QED) is 0.680. The van der Waals surface area contributed by atoms with Gasteiger partial charge in [0.25, 0.3) is 0 Å². The predicted octanol–water partition coefficient (Wildman–Crippen LogP) is 0.150. The molecule has 0 aromatic rings.